The molecule has 0 bridgehead atoms. The summed E-state index contributed by atoms with van der Waals surface area (Å²) in [5.74, 6) is -0.138. The minimum Gasteiger partial charge on any atom is -0.364 e. The molecule has 0 aliphatic carbocycles. The van der Waals surface area contributed by atoms with Gasteiger partial charge in [0.1, 0.15) is 5.82 Å². The van der Waals surface area contributed by atoms with Crippen LogP contribution in [0.5, 0.6) is 0 Å². The van der Waals surface area contributed by atoms with E-state index in [0.29, 0.717) is 18.6 Å². The van der Waals surface area contributed by atoms with Gasteiger partial charge in [-0.05, 0) is 44.0 Å². The Morgan fingerprint density at radius 1 is 1.37 bits per heavy atom. The third-order valence-corrected chi connectivity index (χ3v) is 4.49. The molecule has 19 heavy (non-hydrogen) atoms. The molecule has 1 aromatic rings. The summed E-state index contributed by atoms with van der Waals surface area (Å²) in [5, 5.41) is 0. The van der Waals surface area contributed by atoms with Gasteiger partial charge in [-0.25, -0.2) is 4.39 Å². The first-order chi connectivity index (χ1) is 9.19. The molecule has 2 N–H and O–H groups in total. The van der Waals surface area contributed by atoms with Crippen molar-refractivity contribution < 1.29 is 4.39 Å². The third-order valence-electron chi connectivity index (χ3n) is 4.49. The zero-order valence-electron chi connectivity index (χ0n) is 11.5. The van der Waals surface area contributed by atoms with E-state index in [0.717, 1.165) is 24.3 Å². The van der Waals surface area contributed by atoms with E-state index in [2.05, 4.69) is 16.7 Å². The van der Waals surface area contributed by atoms with Gasteiger partial charge in [-0.1, -0.05) is 6.07 Å². The molecule has 2 unspecified atom stereocenters. The molecule has 0 saturated carbocycles. The molecule has 2 saturated heterocycles. The molecule has 2 aliphatic heterocycles. The molecule has 3 rings (SSSR count). The quantitative estimate of drug-likeness (QED) is 0.885. The molecule has 4 heteroatoms. The van der Waals surface area contributed by atoms with E-state index >= 15 is 0 Å². The first-order valence-electron chi connectivity index (χ1n) is 7.18. The van der Waals surface area contributed by atoms with Gasteiger partial charge >= 0.3 is 0 Å². The summed E-state index contributed by atoms with van der Waals surface area (Å²) in [6, 6.07) is 6.37. The van der Waals surface area contributed by atoms with Crippen LogP contribution in [0.3, 0.4) is 0 Å². The van der Waals surface area contributed by atoms with Crippen LogP contribution in [0.25, 0.3) is 0 Å². The Balaban J connectivity index is 1.84. The first kappa shape index (κ1) is 12.9. The summed E-state index contributed by atoms with van der Waals surface area (Å²) in [4.78, 5) is 4.77. The van der Waals surface area contributed by atoms with Crippen molar-refractivity contribution >= 4 is 5.69 Å². The number of benzene rings is 1. The predicted octanol–water partition coefficient (Wildman–Crippen LogP) is 1.96. The Kier molecular flexibility index (Phi) is 3.46. The molecule has 0 aromatic heterocycles. The summed E-state index contributed by atoms with van der Waals surface area (Å²) in [6.07, 6.45) is 2.52. The van der Waals surface area contributed by atoms with E-state index in [9.17, 15) is 4.39 Å². The fourth-order valence-corrected chi connectivity index (χ4v) is 3.43. The predicted molar refractivity (Wildman–Crippen MR) is 75.7 cm³/mol. The Hall–Kier alpha value is -1.13. The van der Waals surface area contributed by atoms with Crippen molar-refractivity contribution in [2.75, 3.05) is 24.5 Å². The standard InChI is InChI=1S/C15H22FN3/c1-11-9-18-6-2-3-13(18)10-19(11)15-5-4-12(8-17)7-14(15)16/h4-5,7,11,13H,2-3,6,8-10,17H2,1H3. The lowest BCUT2D eigenvalue weighted by Crippen LogP contribution is -2.55. The van der Waals surface area contributed by atoms with Crippen molar-refractivity contribution in [3.05, 3.63) is 29.6 Å². The van der Waals surface area contributed by atoms with Crippen LogP contribution < -0.4 is 10.6 Å². The van der Waals surface area contributed by atoms with Crippen molar-refractivity contribution in [1.29, 1.82) is 0 Å². The normalized spacial score (nSPS) is 27.6. The molecule has 2 atom stereocenters. The van der Waals surface area contributed by atoms with Gasteiger partial charge in [0.15, 0.2) is 0 Å². The lowest BCUT2D eigenvalue weighted by atomic mass is 10.1. The van der Waals surface area contributed by atoms with Crippen LogP contribution in [0, 0.1) is 5.82 Å². The minimum absolute atomic E-state index is 0.138. The highest BCUT2D eigenvalue weighted by Crippen LogP contribution is 2.30. The lowest BCUT2D eigenvalue weighted by Gasteiger charge is -2.43. The van der Waals surface area contributed by atoms with Crippen LogP contribution in [0.15, 0.2) is 18.2 Å². The van der Waals surface area contributed by atoms with E-state index in [1.165, 1.54) is 19.4 Å². The highest BCUT2D eigenvalue weighted by molar-refractivity contribution is 5.51. The second kappa shape index (κ2) is 5.10. The van der Waals surface area contributed by atoms with Gasteiger partial charge < -0.3 is 10.6 Å². The van der Waals surface area contributed by atoms with Crippen molar-refractivity contribution in [2.45, 2.75) is 38.4 Å². The van der Waals surface area contributed by atoms with Gasteiger partial charge in [-0.2, -0.15) is 0 Å². The number of nitrogens with two attached hydrogens (primary N) is 1. The number of anilines is 1. The van der Waals surface area contributed by atoms with Crippen LogP contribution >= 0.6 is 0 Å². The van der Waals surface area contributed by atoms with Crippen molar-refractivity contribution in [3.8, 4) is 0 Å². The number of halogens is 1. The van der Waals surface area contributed by atoms with Crippen LogP contribution in [0.1, 0.15) is 25.3 Å². The number of fused-ring (bicyclic) bond motifs is 1. The van der Waals surface area contributed by atoms with E-state index in [-0.39, 0.29) is 5.82 Å². The molecule has 2 aliphatic rings. The number of hydrogen-bond acceptors (Lipinski definition) is 3. The van der Waals surface area contributed by atoms with Gasteiger partial charge in [-0.15, -0.1) is 0 Å². The number of rotatable bonds is 2. The summed E-state index contributed by atoms with van der Waals surface area (Å²) < 4.78 is 14.2. The van der Waals surface area contributed by atoms with Crippen molar-refractivity contribution in [3.63, 3.8) is 0 Å². The van der Waals surface area contributed by atoms with E-state index < -0.39 is 0 Å². The molecule has 0 spiro atoms. The number of piperazine rings is 1. The zero-order chi connectivity index (χ0) is 13.4. The van der Waals surface area contributed by atoms with E-state index in [1.54, 1.807) is 6.07 Å². The van der Waals surface area contributed by atoms with E-state index in [4.69, 9.17) is 5.73 Å². The summed E-state index contributed by atoms with van der Waals surface area (Å²) >= 11 is 0. The summed E-state index contributed by atoms with van der Waals surface area (Å²) in [5.41, 5.74) is 7.15. The summed E-state index contributed by atoms with van der Waals surface area (Å²) in [7, 11) is 0. The maximum atomic E-state index is 14.2. The monoisotopic (exact) mass is 263 g/mol. The lowest BCUT2D eigenvalue weighted by molar-refractivity contribution is 0.202. The molecule has 0 amide bonds. The topological polar surface area (TPSA) is 32.5 Å². The van der Waals surface area contributed by atoms with Gasteiger partial charge in [0.05, 0.1) is 5.69 Å². The molecule has 0 radical (unpaired) electrons. The minimum atomic E-state index is -0.138. The molecule has 3 nitrogen and oxygen atoms in total. The van der Waals surface area contributed by atoms with Crippen molar-refractivity contribution in [2.24, 2.45) is 5.73 Å². The third kappa shape index (κ3) is 2.35. The maximum Gasteiger partial charge on any atom is 0.146 e. The summed E-state index contributed by atoms with van der Waals surface area (Å²) in [6.45, 7) is 5.77. The molecule has 104 valence electrons. The molecule has 2 heterocycles. The highest BCUT2D eigenvalue weighted by Gasteiger charge is 2.35. The van der Waals surface area contributed by atoms with Gasteiger partial charge in [0.2, 0.25) is 0 Å². The molecule has 2 fully saturated rings. The Bertz CT molecular complexity index is 463. The van der Waals surface area contributed by atoms with Crippen LogP contribution in [-0.4, -0.2) is 36.6 Å². The molecular weight excluding hydrogens is 241 g/mol. The second-order valence-electron chi connectivity index (χ2n) is 5.78. The fraction of sp³-hybridized carbons (Fsp3) is 0.600. The zero-order valence-corrected chi connectivity index (χ0v) is 11.5. The Morgan fingerprint density at radius 2 is 2.21 bits per heavy atom. The van der Waals surface area contributed by atoms with Crippen LogP contribution in [0.4, 0.5) is 10.1 Å². The van der Waals surface area contributed by atoms with Gasteiger partial charge in [0, 0.05) is 31.7 Å². The van der Waals surface area contributed by atoms with Gasteiger partial charge in [0.25, 0.3) is 0 Å². The largest absolute Gasteiger partial charge is 0.364 e. The second-order valence-corrected chi connectivity index (χ2v) is 5.78. The fourth-order valence-electron chi connectivity index (χ4n) is 3.43. The molecule has 1 aromatic carbocycles. The Labute approximate surface area is 114 Å². The maximum absolute atomic E-state index is 14.2. The first-order valence-corrected chi connectivity index (χ1v) is 7.18. The van der Waals surface area contributed by atoms with Crippen LogP contribution in [0.2, 0.25) is 0 Å². The highest BCUT2D eigenvalue weighted by atomic mass is 19.1. The number of nitrogens with zero attached hydrogens (tertiary/aromatic N) is 2. The average molecular weight is 263 g/mol. The van der Waals surface area contributed by atoms with Crippen LogP contribution in [-0.2, 0) is 6.54 Å². The molecular formula is C15H22FN3. The average Bonchev–Trinajstić information content (AvgIpc) is 2.85. The number of hydrogen-bond donors (Lipinski definition) is 1. The SMILES string of the molecule is CC1CN2CCCC2CN1c1ccc(CN)cc1F. The van der Waals surface area contributed by atoms with Crippen molar-refractivity contribution in [1.82, 2.24) is 4.90 Å². The smallest absolute Gasteiger partial charge is 0.146 e. The van der Waals surface area contributed by atoms with Gasteiger partial charge in [-0.3, -0.25) is 4.90 Å². The van der Waals surface area contributed by atoms with E-state index in [1.807, 2.05) is 12.1 Å². The Morgan fingerprint density at radius 3 is 2.95 bits per heavy atom.